The average molecular weight is 433 g/mol. The predicted molar refractivity (Wildman–Crippen MR) is 125 cm³/mol. The fraction of sp³-hybridized carbons (Fsp3) is 0.231. The summed E-state index contributed by atoms with van der Waals surface area (Å²) in [7, 11) is 5.16. The molecular formula is C26H28N2O4. The molecule has 0 radical (unpaired) electrons. The van der Waals surface area contributed by atoms with Crippen LogP contribution in [0.3, 0.4) is 0 Å². The Bertz CT molecular complexity index is 1070. The molecule has 0 saturated heterocycles. The normalized spacial score (nSPS) is 10.6. The van der Waals surface area contributed by atoms with Gasteiger partial charge in [0.2, 0.25) is 5.91 Å². The standard InChI is InChI=1S/C26H28N2O4/c1-28(18-20-12-9-15-23(31-2)26(20)32-3)17-16-24(29)27-22-14-8-7-13-21(22)25(30)19-10-5-4-6-11-19/h4-15H,16-18H2,1-3H3,(H,27,29). The van der Waals surface area contributed by atoms with Crippen LogP contribution < -0.4 is 14.8 Å². The molecule has 0 unspecified atom stereocenters. The number of carbonyl (C=O) groups is 2. The lowest BCUT2D eigenvalue weighted by Crippen LogP contribution is -2.24. The van der Waals surface area contributed by atoms with Gasteiger partial charge < -0.3 is 19.7 Å². The van der Waals surface area contributed by atoms with Crippen LogP contribution in [0.4, 0.5) is 5.69 Å². The zero-order valence-electron chi connectivity index (χ0n) is 18.6. The Hall–Kier alpha value is -3.64. The number of methoxy groups -OCH3 is 2. The third-order valence-electron chi connectivity index (χ3n) is 5.13. The van der Waals surface area contributed by atoms with Gasteiger partial charge in [0.15, 0.2) is 17.3 Å². The summed E-state index contributed by atoms with van der Waals surface area (Å²) in [4.78, 5) is 27.5. The zero-order valence-corrected chi connectivity index (χ0v) is 18.6. The zero-order chi connectivity index (χ0) is 22.9. The molecule has 3 rings (SSSR count). The van der Waals surface area contributed by atoms with E-state index >= 15 is 0 Å². The smallest absolute Gasteiger partial charge is 0.225 e. The summed E-state index contributed by atoms with van der Waals surface area (Å²) >= 11 is 0. The molecule has 0 aliphatic rings. The predicted octanol–water partition coefficient (Wildman–Crippen LogP) is 4.40. The van der Waals surface area contributed by atoms with Crippen molar-refractivity contribution < 1.29 is 19.1 Å². The van der Waals surface area contributed by atoms with Crippen molar-refractivity contribution in [1.29, 1.82) is 0 Å². The second-order valence-corrected chi connectivity index (χ2v) is 7.43. The first-order chi connectivity index (χ1) is 15.5. The molecule has 0 saturated carbocycles. The molecule has 0 spiro atoms. The van der Waals surface area contributed by atoms with E-state index in [9.17, 15) is 9.59 Å². The van der Waals surface area contributed by atoms with Gasteiger partial charge in [-0.1, -0.05) is 54.6 Å². The molecule has 6 nitrogen and oxygen atoms in total. The van der Waals surface area contributed by atoms with Gasteiger partial charge in [-0.15, -0.1) is 0 Å². The van der Waals surface area contributed by atoms with Crippen molar-refractivity contribution >= 4 is 17.4 Å². The number of amides is 1. The highest BCUT2D eigenvalue weighted by atomic mass is 16.5. The summed E-state index contributed by atoms with van der Waals surface area (Å²) in [5.74, 6) is 1.10. The number of anilines is 1. The van der Waals surface area contributed by atoms with Crippen LogP contribution in [-0.4, -0.2) is 44.4 Å². The summed E-state index contributed by atoms with van der Waals surface area (Å²) in [6.45, 7) is 1.15. The third kappa shape index (κ3) is 5.74. The van der Waals surface area contributed by atoms with Crippen LogP contribution in [0.25, 0.3) is 0 Å². The van der Waals surface area contributed by atoms with Gasteiger partial charge in [0.05, 0.1) is 19.9 Å². The first kappa shape index (κ1) is 23.0. The van der Waals surface area contributed by atoms with Crippen LogP contribution in [0.1, 0.15) is 27.9 Å². The van der Waals surface area contributed by atoms with Gasteiger partial charge in [-0.05, 0) is 25.2 Å². The Morgan fingerprint density at radius 2 is 1.59 bits per heavy atom. The van der Waals surface area contributed by atoms with Gasteiger partial charge in [-0.2, -0.15) is 0 Å². The molecular weight excluding hydrogens is 404 g/mol. The first-order valence-electron chi connectivity index (χ1n) is 10.4. The molecule has 1 amide bonds. The van der Waals surface area contributed by atoms with Gasteiger partial charge in [0.1, 0.15) is 0 Å². The minimum atomic E-state index is -0.150. The largest absolute Gasteiger partial charge is 0.493 e. The molecule has 3 aromatic carbocycles. The Labute approximate surface area is 188 Å². The van der Waals surface area contributed by atoms with Crippen molar-refractivity contribution in [2.24, 2.45) is 0 Å². The van der Waals surface area contributed by atoms with Crippen molar-refractivity contribution in [1.82, 2.24) is 4.90 Å². The van der Waals surface area contributed by atoms with Crippen molar-refractivity contribution in [2.45, 2.75) is 13.0 Å². The molecule has 0 fully saturated rings. The number of rotatable bonds is 10. The summed E-state index contributed by atoms with van der Waals surface area (Å²) in [6.07, 6.45) is 0.288. The van der Waals surface area contributed by atoms with E-state index in [1.807, 2.05) is 48.3 Å². The maximum Gasteiger partial charge on any atom is 0.225 e. The van der Waals surface area contributed by atoms with E-state index in [-0.39, 0.29) is 18.1 Å². The monoisotopic (exact) mass is 432 g/mol. The molecule has 166 valence electrons. The lowest BCUT2D eigenvalue weighted by molar-refractivity contribution is -0.116. The molecule has 0 heterocycles. The minimum absolute atomic E-state index is 0.122. The van der Waals surface area contributed by atoms with Crippen LogP contribution in [-0.2, 0) is 11.3 Å². The second kappa shape index (κ2) is 11.1. The number of nitrogens with one attached hydrogen (secondary N) is 1. The van der Waals surface area contributed by atoms with Crippen LogP contribution >= 0.6 is 0 Å². The van der Waals surface area contributed by atoms with Crippen LogP contribution in [0.15, 0.2) is 72.8 Å². The number of ketones is 1. The molecule has 0 bridgehead atoms. The second-order valence-electron chi connectivity index (χ2n) is 7.43. The van der Waals surface area contributed by atoms with Gasteiger partial charge >= 0.3 is 0 Å². The van der Waals surface area contributed by atoms with Crippen LogP contribution in [0, 0.1) is 0 Å². The fourth-order valence-corrected chi connectivity index (χ4v) is 3.49. The van der Waals surface area contributed by atoms with Crippen LogP contribution in [0.2, 0.25) is 0 Å². The number of hydrogen-bond donors (Lipinski definition) is 1. The number of carbonyl (C=O) groups excluding carboxylic acids is 2. The molecule has 0 aliphatic heterocycles. The first-order valence-corrected chi connectivity index (χ1v) is 10.4. The Kier molecular flexibility index (Phi) is 8.00. The fourth-order valence-electron chi connectivity index (χ4n) is 3.49. The Morgan fingerprint density at radius 1 is 0.875 bits per heavy atom. The topological polar surface area (TPSA) is 67.9 Å². The van der Waals surface area contributed by atoms with E-state index in [0.29, 0.717) is 41.4 Å². The summed E-state index contributed by atoms with van der Waals surface area (Å²) < 4.78 is 10.8. The van der Waals surface area contributed by atoms with Gasteiger partial charge in [0, 0.05) is 36.2 Å². The summed E-state index contributed by atoms with van der Waals surface area (Å²) in [5, 5.41) is 2.89. The maximum absolute atomic E-state index is 12.8. The quantitative estimate of drug-likeness (QED) is 0.481. The number of hydrogen-bond acceptors (Lipinski definition) is 5. The highest BCUT2D eigenvalue weighted by Crippen LogP contribution is 2.31. The SMILES string of the molecule is COc1cccc(CN(C)CCC(=O)Nc2ccccc2C(=O)c2ccccc2)c1OC. The highest BCUT2D eigenvalue weighted by Gasteiger charge is 2.16. The number of nitrogens with zero attached hydrogens (tertiary/aromatic N) is 1. The molecule has 32 heavy (non-hydrogen) atoms. The summed E-state index contributed by atoms with van der Waals surface area (Å²) in [6, 6.07) is 21.9. The van der Waals surface area contributed by atoms with Crippen molar-refractivity contribution in [3.8, 4) is 11.5 Å². The highest BCUT2D eigenvalue weighted by molar-refractivity contribution is 6.13. The van der Waals surface area contributed by atoms with E-state index in [2.05, 4.69) is 5.32 Å². The van der Waals surface area contributed by atoms with E-state index in [1.165, 1.54) is 0 Å². The average Bonchev–Trinajstić information content (AvgIpc) is 2.83. The van der Waals surface area contributed by atoms with Crippen molar-refractivity contribution in [2.75, 3.05) is 33.1 Å². The third-order valence-corrected chi connectivity index (χ3v) is 5.13. The van der Waals surface area contributed by atoms with E-state index in [1.54, 1.807) is 50.6 Å². The van der Waals surface area contributed by atoms with E-state index in [4.69, 9.17) is 9.47 Å². The molecule has 0 aromatic heterocycles. The molecule has 1 N–H and O–H groups in total. The van der Waals surface area contributed by atoms with Crippen molar-refractivity contribution in [3.05, 3.63) is 89.5 Å². The van der Waals surface area contributed by atoms with E-state index < -0.39 is 0 Å². The number of benzene rings is 3. The van der Waals surface area contributed by atoms with Gasteiger partial charge in [-0.25, -0.2) is 0 Å². The van der Waals surface area contributed by atoms with Crippen LogP contribution in [0.5, 0.6) is 11.5 Å². The molecule has 3 aromatic rings. The Balaban J connectivity index is 1.61. The van der Waals surface area contributed by atoms with Gasteiger partial charge in [0.25, 0.3) is 0 Å². The van der Waals surface area contributed by atoms with E-state index in [0.717, 1.165) is 5.56 Å². The lowest BCUT2D eigenvalue weighted by Gasteiger charge is -2.19. The lowest BCUT2D eigenvalue weighted by atomic mass is 10.0. The van der Waals surface area contributed by atoms with Gasteiger partial charge in [-0.3, -0.25) is 9.59 Å². The Morgan fingerprint density at radius 3 is 2.31 bits per heavy atom. The maximum atomic E-state index is 12.8. The number of para-hydroxylation sites is 2. The minimum Gasteiger partial charge on any atom is -0.493 e. The molecule has 0 atom stereocenters. The molecule has 0 aliphatic carbocycles. The number of ether oxygens (including phenoxy) is 2. The molecule has 6 heteroatoms. The summed E-state index contributed by atoms with van der Waals surface area (Å²) in [5.41, 5.74) is 2.56. The van der Waals surface area contributed by atoms with Crippen molar-refractivity contribution in [3.63, 3.8) is 0 Å².